The predicted molar refractivity (Wildman–Crippen MR) is 238 cm³/mol. The molecule has 4 atom stereocenters. The van der Waals surface area contributed by atoms with Gasteiger partial charge >= 0.3 is 6.03 Å². The fourth-order valence-electron chi connectivity index (χ4n) is 9.38. The van der Waals surface area contributed by atoms with Crippen LogP contribution < -0.4 is 26.2 Å². The van der Waals surface area contributed by atoms with Gasteiger partial charge in [0.15, 0.2) is 0 Å². The first-order chi connectivity index (χ1) is 29.7. The lowest BCUT2D eigenvalue weighted by molar-refractivity contribution is -0.124. The van der Waals surface area contributed by atoms with Gasteiger partial charge in [-0.1, -0.05) is 80.1 Å². The van der Waals surface area contributed by atoms with Crippen LogP contribution in [0, 0.1) is 46.1 Å². The average Bonchev–Trinajstić information content (AvgIpc) is 3.54. The monoisotopic (exact) mass is 881 g/mol. The van der Waals surface area contributed by atoms with Crippen molar-refractivity contribution in [2.24, 2.45) is 11.3 Å². The number of urea groups is 1. The quantitative estimate of drug-likeness (QED) is 0.0874. The number of carbonyl (C=O) groups is 3. The number of hydrogen-bond donors (Lipinski definition) is 4. The van der Waals surface area contributed by atoms with Crippen LogP contribution in [0.1, 0.15) is 94.7 Å². The first kappa shape index (κ1) is 44.9. The van der Waals surface area contributed by atoms with E-state index in [0.29, 0.717) is 31.0 Å². The van der Waals surface area contributed by atoms with Crippen molar-refractivity contribution >= 4 is 57.5 Å². The van der Waals surface area contributed by atoms with Gasteiger partial charge < -0.3 is 16.0 Å². The summed E-state index contributed by atoms with van der Waals surface area (Å²) in [6, 6.07) is 14.6. The SMILES string of the molecule is CC(C)(C)C[C@@H]1N[C@@H](C(=O)N[C@H]2CC[C@H](CNCCCC#Cc3ccc4c(N5CCC(=O)NC5=O)cncc4c3)CC2)[C@H](c2cccc(Cl)c2F)[C@@]1(C#N)c1ccc(Cl)cc1F. The third kappa shape index (κ3) is 9.75. The van der Waals surface area contributed by atoms with E-state index in [4.69, 9.17) is 23.2 Å². The van der Waals surface area contributed by atoms with E-state index in [1.165, 1.54) is 29.2 Å². The zero-order valence-corrected chi connectivity index (χ0v) is 36.6. The van der Waals surface area contributed by atoms with Crippen LogP contribution in [-0.2, 0) is 15.0 Å². The zero-order valence-electron chi connectivity index (χ0n) is 35.1. The lowest BCUT2D eigenvalue weighted by atomic mass is 9.62. The molecule has 3 fully saturated rings. The van der Waals surface area contributed by atoms with Crippen LogP contribution >= 0.6 is 23.2 Å². The second kappa shape index (κ2) is 19.1. The fourth-order valence-corrected chi connectivity index (χ4v) is 9.72. The van der Waals surface area contributed by atoms with Crippen molar-refractivity contribution in [3.8, 4) is 17.9 Å². The van der Waals surface area contributed by atoms with Crippen LogP contribution in [0.5, 0.6) is 0 Å². The molecule has 14 heteroatoms. The van der Waals surface area contributed by atoms with Crippen molar-refractivity contribution in [1.29, 1.82) is 5.26 Å². The molecule has 4 amide bonds. The van der Waals surface area contributed by atoms with Crippen molar-refractivity contribution in [3.63, 3.8) is 0 Å². The van der Waals surface area contributed by atoms with E-state index in [1.807, 2.05) is 39.0 Å². The molecule has 1 aromatic heterocycles. The van der Waals surface area contributed by atoms with E-state index in [0.717, 1.165) is 67.6 Å². The number of amides is 4. The summed E-state index contributed by atoms with van der Waals surface area (Å²) < 4.78 is 32.0. The van der Waals surface area contributed by atoms with Gasteiger partial charge in [-0.15, -0.1) is 0 Å². The summed E-state index contributed by atoms with van der Waals surface area (Å²) in [4.78, 5) is 44.3. The number of nitrogens with zero attached hydrogens (tertiary/aromatic N) is 3. The highest BCUT2D eigenvalue weighted by Gasteiger charge is 2.61. The lowest BCUT2D eigenvalue weighted by Crippen LogP contribution is -2.49. The Morgan fingerprint density at radius 1 is 1.05 bits per heavy atom. The van der Waals surface area contributed by atoms with Gasteiger partial charge in [-0.2, -0.15) is 5.26 Å². The van der Waals surface area contributed by atoms with Gasteiger partial charge in [-0.05, 0) is 98.8 Å². The van der Waals surface area contributed by atoms with Crippen molar-refractivity contribution in [2.75, 3.05) is 24.5 Å². The smallest absolute Gasteiger partial charge is 0.328 e. The standard InChI is InChI=1S/C48H51Cl2F2N7O3/c1-47(2,3)24-40-48(28-53,36-18-14-32(49)23-38(36)51)42(35-9-7-10-37(50)43(35)52)44(57-40)45(61)56-33-15-11-30(12-16-33)25-54-20-6-4-5-8-29-13-17-34-31(22-29)26-55-27-39(34)59-21-19-41(60)58-46(59)62/h7,9-10,13-14,17-18,22-23,26-27,30,33,40,42,44,54,57H,4,6,11-12,15-16,19-21,24-25H2,1-3H3,(H,56,61)(H,58,60,62)/t30-,33-,40-,42-,44+,48-/m0/s1. The number of nitrogens with one attached hydrogen (secondary N) is 4. The van der Waals surface area contributed by atoms with Crippen LogP contribution in [0.25, 0.3) is 10.8 Å². The molecule has 0 radical (unpaired) electrons. The number of pyridine rings is 1. The van der Waals surface area contributed by atoms with Gasteiger partial charge in [-0.3, -0.25) is 24.8 Å². The molecule has 3 aromatic carbocycles. The van der Waals surface area contributed by atoms with E-state index in [-0.39, 0.29) is 50.9 Å². The number of nitriles is 1. The van der Waals surface area contributed by atoms with E-state index >= 15 is 8.78 Å². The van der Waals surface area contributed by atoms with E-state index in [2.05, 4.69) is 44.2 Å². The molecule has 1 aliphatic carbocycles. The molecule has 7 rings (SSSR count). The fraction of sp³-hybridized carbons (Fsp3) is 0.438. The molecule has 3 heterocycles. The maximum Gasteiger partial charge on any atom is 0.328 e. The number of carbonyl (C=O) groups excluding carboxylic acids is 3. The number of fused-ring (bicyclic) bond motifs is 1. The summed E-state index contributed by atoms with van der Waals surface area (Å²) in [6.45, 7) is 7.99. The minimum atomic E-state index is -1.68. The average molecular weight is 883 g/mol. The second-order valence-electron chi connectivity index (χ2n) is 17.9. The van der Waals surface area contributed by atoms with Gasteiger partial charge in [-0.25, -0.2) is 13.6 Å². The summed E-state index contributed by atoms with van der Waals surface area (Å²) in [6.07, 6.45) is 8.95. The van der Waals surface area contributed by atoms with Crippen LogP contribution in [0.4, 0.5) is 19.3 Å². The summed E-state index contributed by atoms with van der Waals surface area (Å²) in [5.74, 6) is 3.74. The van der Waals surface area contributed by atoms with Crippen molar-refractivity contribution < 1.29 is 23.2 Å². The van der Waals surface area contributed by atoms with Gasteiger partial charge in [0.1, 0.15) is 17.0 Å². The van der Waals surface area contributed by atoms with Crippen LogP contribution in [0.15, 0.2) is 67.0 Å². The zero-order chi connectivity index (χ0) is 44.2. The highest BCUT2D eigenvalue weighted by atomic mass is 35.5. The molecule has 0 spiro atoms. The third-order valence-electron chi connectivity index (χ3n) is 12.3. The Morgan fingerprint density at radius 3 is 2.56 bits per heavy atom. The van der Waals surface area contributed by atoms with Gasteiger partial charge in [0.05, 0.1) is 29.0 Å². The number of unbranched alkanes of at least 4 members (excludes halogenated alkanes) is 1. The minimum Gasteiger partial charge on any atom is -0.352 e. The Bertz CT molecular complexity index is 2450. The molecular formula is C48H51Cl2F2N7O3. The largest absolute Gasteiger partial charge is 0.352 e. The van der Waals surface area contributed by atoms with Gasteiger partial charge in [0.25, 0.3) is 0 Å². The van der Waals surface area contributed by atoms with Crippen molar-refractivity contribution in [3.05, 3.63) is 105 Å². The summed E-state index contributed by atoms with van der Waals surface area (Å²) >= 11 is 12.5. The Hall–Kier alpha value is -5.11. The molecule has 10 nitrogen and oxygen atoms in total. The van der Waals surface area contributed by atoms with Gasteiger partial charge in [0.2, 0.25) is 11.8 Å². The molecular weight excluding hydrogens is 831 g/mol. The van der Waals surface area contributed by atoms with E-state index in [9.17, 15) is 19.6 Å². The number of halogens is 4. The van der Waals surface area contributed by atoms with Crippen LogP contribution in [0.3, 0.4) is 0 Å². The summed E-state index contributed by atoms with van der Waals surface area (Å²) in [7, 11) is 0. The Balaban J connectivity index is 0.936. The maximum absolute atomic E-state index is 16.1. The minimum absolute atomic E-state index is 0.0516. The first-order valence-electron chi connectivity index (χ1n) is 21.2. The van der Waals surface area contributed by atoms with Crippen LogP contribution in [0.2, 0.25) is 10.0 Å². The highest BCUT2D eigenvalue weighted by molar-refractivity contribution is 6.31. The molecule has 4 N–H and O–H groups in total. The van der Waals surface area contributed by atoms with Crippen LogP contribution in [-0.4, -0.2) is 60.6 Å². The predicted octanol–water partition coefficient (Wildman–Crippen LogP) is 8.68. The number of anilines is 1. The molecule has 0 bridgehead atoms. The number of benzene rings is 3. The third-order valence-corrected chi connectivity index (χ3v) is 12.9. The second-order valence-corrected chi connectivity index (χ2v) is 18.7. The maximum atomic E-state index is 16.1. The van der Waals surface area contributed by atoms with E-state index < -0.39 is 41.1 Å². The Morgan fingerprint density at radius 2 is 1.84 bits per heavy atom. The molecule has 62 heavy (non-hydrogen) atoms. The number of hydrogen-bond acceptors (Lipinski definition) is 7. The summed E-state index contributed by atoms with van der Waals surface area (Å²) in [5.41, 5.74) is -0.384. The highest BCUT2D eigenvalue weighted by Crippen LogP contribution is 2.53. The van der Waals surface area contributed by atoms with Crippen molar-refractivity contribution in [1.82, 2.24) is 26.3 Å². The number of aromatic nitrogens is 1. The molecule has 2 aliphatic heterocycles. The molecule has 324 valence electrons. The number of rotatable bonds is 11. The molecule has 2 saturated heterocycles. The Kier molecular flexibility index (Phi) is 13.8. The summed E-state index contributed by atoms with van der Waals surface area (Å²) in [5, 5.41) is 25.4. The molecule has 1 saturated carbocycles. The first-order valence-corrected chi connectivity index (χ1v) is 22.0. The topological polar surface area (TPSA) is 139 Å². The Labute approximate surface area is 371 Å². The molecule has 0 unspecified atom stereocenters. The van der Waals surface area contributed by atoms with Gasteiger partial charge in [0, 0.05) is 70.5 Å². The van der Waals surface area contributed by atoms with E-state index in [1.54, 1.807) is 18.5 Å². The molecule has 4 aromatic rings. The number of imide groups is 1. The molecule has 3 aliphatic rings. The normalized spacial score (nSPS) is 24.0. The van der Waals surface area contributed by atoms with Crippen molar-refractivity contribution in [2.45, 2.75) is 102 Å². The lowest BCUT2D eigenvalue weighted by Gasteiger charge is -2.37.